The fourth-order valence-electron chi connectivity index (χ4n) is 5.37. The van der Waals surface area contributed by atoms with Gasteiger partial charge in [0.25, 0.3) is 5.56 Å². The van der Waals surface area contributed by atoms with Gasteiger partial charge in [-0.2, -0.15) is 0 Å². The zero-order valence-corrected chi connectivity index (χ0v) is 19.9. The predicted octanol–water partition coefficient (Wildman–Crippen LogP) is 4.31. The average Bonchev–Trinajstić information content (AvgIpc) is 3.53. The summed E-state index contributed by atoms with van der Waals surface area (Å²) in [5.74, 6) is -0.295. The van der Waals surface area contributed by atoms with Gasteiger partial charge in [-0.05, 0) is 56.9 Å². The number of nitrogens with one attached hydrogen (secondary N) is 2. The fraction of sp³-hybridized carbons (Fsp3) is 0.652. The number of aromatic nitrogens is 2. The molecular formula is C23H30N4O3S2. The van der Waals surface area contributed by atoms with Gasteiger partial charge in [-0.15, -0.1) is 11.3 Å². The van der Waals surface area contributed by atoms with Crippen molar-refractivity contribution in [3.05, 3.63) is 20.8 Å². The molecule has 0 aliphatic heterocycles. The highest BCUT2D eigenvalue weighted by molar-refractivity contribution is 7.99. The number of hydrogen-bond donors (Lipinski definition) is 2. The van der Waals surface area contributed by atoms with Gasteiger partial charge in [-0.3, -0.25) is 19.5 Å². The lowest BCUT2D eigenvalue weighted by Gasteiger charge is -2.18. The van der Waals surface area contributed by atoms with E-state index in [1.807, 2.05) is 4.57 Å². The van der Waals surface area contributed by atoms with E-state index in [0.717, 1.165) is 80.8 Å². The summed E-state index contributed by atoms with van der Waals surface area (Å²) in [6.07, 6.45) is 12.6. The first-order valence-corrected chi connectivity index (χ1v) is 13.7. The zero-order valence-electron chi connectivity index (χ0n) is 18.3. The number of hydrogen-bond acceptors (Lipinski definition) is 6. The number of aryl methyl sites for hydroxylation is 2. The third kappa shape index (κ3) is 4.46. The maximum atomic E-state index is 13.6. The van der Waals surface area contributed by atoms with Crippen LogP contribution >= 0.6 is 23.1 Å². The molecule has 2 saturated carbocycles. The van der Waals surface area contributed by atoms with Gasteiger partial charge in [0.1, 0.15) is 4.83 Å². The van der Waals surface area contributed by atoms with Gasteiger partial charge in [0.2, 0.25) is 5.91 Å². The number of fused-ring (bicyclic) bond motifs is 3. The van der Waals surface area contributed by atoms with Crippen LogP contribution in [-0.4, -0.2) is 33.3 Å². The van der Waals surface area contributed by atoms with Crippen LogP contribution < -0.4 is 16.2 Å². The summed E-state index contributed by atoms with van der Waals surface area (Å²) < 4.78 is 1.85. The lowest BCUT2D eigenvalue weighted by Crippen LogP contribution is -2.44. The molecule has 3 amide bonds. The Morgan fingerprint density at radius 3 is 2.53 bits per heavy atom. The normalized spacial score (nSPS) is 19.4. The number of urea groups is 1. The van der Waals surface area contributed by atoms with Crippen LogP contribution in [0.1, 0.15) is 80.7 Å². The van der Waals surface area contributed by atoms with Crippen molar-refractivity contribution in [3.63, 3.8) is 0 Å². The lowest BCUT2D eigenvalue weighted by molar-refractivity contribution is -0.117. The number of amides is 3. The topological polar surface area (TPSA) is 93.1 Å². The van der Waals surface area contributed by atoms with E-state index in [1.165, 1.54) is 28.6 Å². The van der Waals surface area contributed by atoms with Crippen LogP contribution in [0.3, 0.4) is 0 Å². The first-order chi connectivity index (χ1) is 15.6. The molecule has 2 aromatic heterocycles. The van der Waals surface area contributed by atoms with Crippen molar-refractivity contribution in [3.8, 4) is 0 Å². The van der Waals surface area contributed by atoms with E-state index >= 15 is 0 Å². The molecule has 5 rings (SSSR count). The summed E-state index contributed by atoms with van der Waals surface area (Å²) in [5, 5.41) is 6.73. The number of carbonyl (C=O) groups is 2. The van der Waals surface area contributed by atoms with Gasteiger partial charge in [0.15, 0.2) is 5.16 Å². The van der Waals surface area contributed by atoms with Crippen LogP contribution in [0.2, 0.25) is 0 Å². The van der Waals surface area contributed by atoms with Crippen LogP contribution in [0.5, 0.6) is 0 Å². The van der Waals surface area contributed by atoms with E-state index in [4.69, 9.17) is 4.98 Å². The Balaban J connectivity index is 1.36. The molecule has 2 fully saturated rings. The average molecular weight is 475 g/mol. The summed E-state index contributed by atoms with van der Waals surface area (Å²) in [7, 11) is 0. The first-order valence-electron chi connectivity index (χ1n) is 11.9. The van der Waals surface area contributed by atoms with Crippen molar-refractivity contribution < 1.29 is 9.59 Å². The van der Waals surface area contributed by atoms with Crippen molar-refractivity contribution in [1.29, 1.82) is 0 Å². The minimum atomic E-state index is -0.426. The largest absolute Gasteiger partial charge is 0.335 e. The highest BCUT2D eigenvalue weighted by atomic mass is 32.2. The van der Waals surface area contributed by atoms with Crippen molar-refractivity contribution in [2.75, 3.05) is 5.75 Å². The summed E-state index contributed by atoms with van der Waals surface area (Å²) in [4.78, 5) is 45.2. The molecule has 0 saturated heterocycles. The standard InChI is InChI=1S/C23H30N4O3S2/c28-18(25-22(30)24-14-7-1-2-8-14)13-31-23-26-20-19(16-11-5-6-12-17(16)32-20)21(29)27(23)15-9-3-4-10-15/h14-15H,1-13H2,(H2,24,25,28,30). The smallest absolute Gasteiger partial charge is 0.321 e. The summed E-state index contributed by atoms with van der Waals surface area (Å²) in [5.41, 5.74) is 1.27. The third-order valence-electron chi connectivity index (χ3n) is 6.95. The summed E-state index contributed by atoms with van der Waals surface area (Å²) >= 11 is 2.91. The van der Waals surface area contributed by atoms with E-state index in [9.17, 15) is 14.4 Å². The number of nitrogens with zero attached hydrogens (tertiary/aromatic N) is 2. The van der Waals surface area contributed by atoms with E-state index in [1.54, 1.807) is 11.3 Å². The van der Waals surface area contributed by atoms with Gasteiger partial charge in [0.05, 0.1) is 11.1 Å². The molecule has 172 valence electrons. The molecule has 0 bridgehead atoms. The monoisotopic (exact) mass is 474 g/mol. The molecule has 2 aromatic rings. The van der Waals surface area contributed by atoms with E-state index in [-0.39, 0.29) is 29.3 Å². The molecule has 0 radical (unpaired) electrons. The van der Waals surface area contributed by atoms with Gasteiger partial charge >= 0.3 is 6.03 Å². The molecule has 3 aliphatic rings. The Kier molecular flexibility index (Phi) is 6.55. The Morgan fingerprint density at radius 1 is 1.03 bits per heavy atom. The molecule has 9 heteroatoms. The van der Waals surface area contributed by atoms with E-state index in [0.29, 0.717) is 5.16 Å². The number of thioether (sulfide) groups is 1. The number of imide groups is 1. The van der Waals surface area contributed by atoms with Crippen LogP contribution in [0.25, 0.3) is 10.2 Å². The number of carbonyl (C=O) groups excluding carboxylic acids is 2. The van der Waals surface area contributed by atoms with Crippen molar-refractivity contribution in [2.45, 2.75) is 94.3 Å². The van der Waals surface area contributed by atoms with Crippen LogP contribution in [-0.2, 0) is 17.6 Å². The van der Waals surface area contributed by atoms with Gasteiger partial charge in [-0.25, -0.2) is 9.78 Å². The van der Waals surface area contributed by atoms with Crippen molar-refractivity contribution >= 4 is 45.3 Å². The summed E-state index contributed by atoms with van der Waals surface area (Å²) in [6, 6.07) is -0.114. The van der Waals surface area contributed by atoms with Gasteiger partial charge in [-0.1, -0.05) is 37.4 Å². The molecule has 0 aromatic carbocycles. The Hall–Kier alpha value is -1.87. The molecule has 0 atom stereocenters. The van der Waals surface area contributed by atoms with Crippen molar-refractivity contribution in [1.82, 2.24) is 20.2 Å². The SMILES string of the molecule is O=C(CSc1nc2sc3c(c2c(=O)n1C1CCCC1)CCCC3)NC(=O)NC1CCCC1. The second-order valence-electron chi connectivity index (χ2n) is 9.19. The van der Waals surface area contributed by atoms with Crippen LogP contribution in [0, 0.1) is 0 Å². The van der Waals surface area contributed by atoms with Gasteiger partial charge in [0, 0.05) is 17.0 Å². The maximum absolute atomic E-state index is 13.6. The molecule has 2 N–H and O–H groups in total. The molecule has 32 heavy (non-hydrogen) atoms. The maximum Gasteiger partial charge on any atom is 0.321 e. The first kappa shape index (κ1) is 21.9. The van der Waals surface area contributed by atoms with Gasteiger partial charge < -0.3 is 5.32 Å². The van der Waals surface area contributed by atoms with E-state index < -0.39 is 6.03 Å². The fourth-order valence-corrected chi connectivity index (χ4v) is 7.54. The Bertz CT molecular complexity index is 1080. The third-order valence-corrected chi connectivity index (χ3v) is 9.09. The molecule has 7 nitrogen and oxygen atoms in total. The van der Waals surface area contributed by atoms with Crippen molar-refractivity contribution in [2.24, 2.45) is 0 Å². The molecule has 0 spiro atoms. The lowest BCUT2D eigenvalue weighted by atomic mass is 9.97. The number of rotatable bonds is 5. The molecule has 0 unspecified atom stereocenters. The summed E-state index contributed by atoms with van der Waals surface area (Å²) in [6.45, 7) is 0. The Morgan fingerprint density at radius 2 is 1.75 bits per heavy atom. The minimum absolute atomic E-state index is 0.0585. The molecular weight excluding hydrogens is 444 g/mol. The minimum Gasteiger partial charge on any atom is -0.335 e. The number of thiophene rings is 1. The highest BCUT2D eigenvalue weighted by Crippen LogP contribution is 2.37. The second kappa shape index (κ2) is 9.55. The quantitative estimate of drug-likeness (QED) is 0.497. The highest BCUT2D eigenvalue weighted by Gasteiger charge is 2.27. The molecule has 3 aliphatic carbocycles. The van der Waals surface area contributed by atoms with E-state index in [2.05, 4.69) is 10.6 Å². The predicted molar refractivity (Wildman–Crippen MR) is 128 cm³/mol. The van der Waals surface area contributed by atoms with Crippen LogP contribution in [0.15, 0.2) is 9.95 Å². The van der Waals surface area contributed by atoms with Crippen LogP contribution in [0.4, 0.5) is 4.79 Å². The Labute approximate surface area is 195 Å². The molecule has 2 heterocycles. The zero-order chi connectivity index (χ0) is 22.1. The second-order valence-corrected chi connectivity index (χ2v) is 11.2.